The molecule has 148 valence electrons. The van der Waals surface area contributed by atoms with E-state index in [9.17, 15) is 19.2 Å². The van der Waals surface area contributed by atoms with E-state index in [4.69, 9.17) is 4.74 Å². The quantitative estimate of drug-likeness (QED) is 0.419. The number of esters is 1. The molecule has 3 amide bonds. The number of carbonyl (C=O) groups is 4. The molecule has 0 unspecified atom stereocenters. The Morgan fingerprint density at radius 1 is 1.07 bits per heavy atom. The summed E-state index contributed by atoms with van der Waals surface area (Å²) in [6.45, 7) is 6.67. The monoisotopic (exact) mass is 394 g/mol. The smallest absolute Gasteiger partial charge is 0.321 e. The fraction of sp³-hybridized carbons (Fsp3) is 0.474. The van der Waals surface area contributed by atoms with Crippen molar-refractivity contribution in [3.05, 3.63) is 29.8 Å². The molecule has 1 aromatic carbocycles. The molecule has 0 spiro atoms. The summed E-state index contributed by atoms with van der Waals surface area (Å²) >= 11 is 1.57. The number of hydrogen-bond donors (Lipinski definition) is 2. The van der Waals surface area contributed by atoms with Crippen LogP contribution in [0.3, 0.4) is 0 Å². The van der Waals surface area contributed by atoms with Gasteiger partial charge in [0, 0.05) is 22.4 Å². The number of ether oxygens (including phenoxy) is 1. The van der Waals surface area contributed by atoms with Gasteiger partial charge in [-0.15, -0.1) is 11.8 Å². The minimum absolute atomic E-state index is 0.0176. The molecule has 2 N–H and O–H groups in total. The molecule has 0 heterocycles. The van der Waals surface area contributed by atoms with Gasteiger partial charge in [-0.1, -0.05) is 12.1 Å². The van der Waals surface area contributed by atoms with Crippen LogP contribution in [0.1, 0.15) is 50.9 Å². The molecule has 0 radical (unpaired) electrons. The van der Waals surface area contributed by atoms with Gasteiger partial charge in [0.1, 0.15) is 0 Å². The highest BCUT2D eigenvalue weighted by atomic mass is 32.2. The Balaban J connectivity index is 2.43. The molecule has 0 bridgehead atoms. The number of thioether (sulfide) groups is 1. The number of imide groups is 1. The first-order valence-corrected chi connectivity index (χ1v) is 9.74. The average Bonchev–Trinajstić information content (AvgIpc) is 2.57. The number of urea groups is 1. The lowest BCUT2D eigenvalue weighted by Crippen LogP contribution is -2.50. The number of benzene rings is 1. The van der Waals surface area contributed by atoms with Crippen molar-refractivity contribution >= 4 is 35.5 Å². The second-order valence-electron chi connectivity index (χ2n) is 6.98. The zero-order chi connectivity index (χ0) is 20.6. The Hall–Kier alpha value is -2.35. The number of carbonyl (C=O) groups excluding carboxylic acids is 4. The Labute approximate surface area is 163 Å². The fourth-order valence-electron chi connectivity index (χ4n) is 2.03. The van der Waals surface area contributed by atoms with Gasteiger partial charge in [-0.3, -0.25) is 19.7 Å². The van der Waals surface area contributed by atoms with E-state index in [1.54, 1.807) is 44.7 Å². The van der Waals surface area contributed by atoms with Gasteiger partial charge in [0.05, 0.1) is 6.42 Å². The Morgan fingerprint density at radius 3 is 2.19 bits per heavy atom. The molecule has 0 aliphatic carbocycles. The number of ketones is 1. The Bertz CT molecular complexity index is 695. The van der Waals surface area contributed by atoms with Gasteiger partial charge in [-0.25, -0.2) is 4.79 Å². The molecule has 0 saturated carbocycles. The van der Waals surface area contributed by atoms with Gasteiger partial charge in [0.25, 0.3) is 5.91 Å². The number of rotatable bonds is 7. The van der Waals surface area contributed by atoms with Crippen LogP contribution in [0.4, 0.5) is 4.79 Å². The first-order chi connectivity index (χ1) is 12.5. The molecule has 0 aromatic heterocycles. The van der Waals surface area contributed by atoms with Gasteiger partial charge in [0.2, 0.25) is 0 Å². The molecular weight excluding hydrogens is 368 g/mol. The molecule has 0 fully saturated rings. The summed E-state index contributed by atoms with van der Waals surface area (Å²) in [5, 5.41) is 4.68. The lowest BCUT2D eigenvalue weighted by Gasteiger charge is -2.21. The average molecular weight is 394 g/mol. The number of amides is 3. The van der Waals surface area contributed by atoms with Crippen LogP contribution in [-0.4, -0.2) is 41.6 Å². The van der Waals surface area contributed by atoms with Gasteiger partial charge in [-0.05, 0) is 46.1 Å². The highest BCUT2D eigenvalue weighted by Crippen LogP contribution is 2.16. The van der Waals surface area contributed by atoms with Crippen molar-refractivity contribution in [3.8, 4) is 0 Å². The summed E-state index contributed by atoms with van der Waals surface area (Å²) in [5.74, 6) is -1.59. The summed E-state index contributed by atoms with van der Waals surface area (Å²) in [5.41, 5.74) is 0.0174. The highest BCUT2D eigenvalue weighted by Gasteiger charge is 2.22. The molecule has 1 rings (SSSR count). The van der Waals surface area contributed by atoms with E-state index < -0.39 is 29.6 Å². The van der Waals surface area contributed by atoms with Crippen LogP contribution in [0, 0.1) is 0 Å². The maximum absolute atomic E-state index is 12.1. The summed E-state index contributed by atoms with van der Waals surface area (Å²) in [6.07, 6.45) is 0.640. The van der Waals surface area contributed by atoms with Crippen LogP contribution in [0.25, 0.3) is 0 Å². The number of hydrogen-bond acceptors (Lipinski definition) is 6. The minimum atomic E-state index is -1.14. The summed E-state index contributed by atoms with van der Waals surface area (Å²) in [4.78, 5) is 48.5. The first-order valence-electron chi connectivity index (χ1n) is 8.51. The Kier molecular flexibility index (Phi) is 8.49. The Morgan fingerprint density at radius 2 is 1.67 bits per heavy atom. The topological polar surface area (TPSA) is 102 Å². The third-order valence-corrected chi connectivity index (χ3v) is 4.11. The summed E-state index contributed by atoms with van der Waals surface area (Å²) < 4.78 is 4.98. The first kappa shape index (κ1) is 22.7. The van der Waals surface area contributed by atoms with Gasteiger partial charge >= 0.3 is 12.0 Å². The van der Waals surface area contributed by atoms with E-state index >= 15 is 0 Å². The van der Waals surface area contributed by atoms with E-state index in [0.29, 0.717) is 5.56 Å². The van der Waals surface area contributed by atoms with E-state index in [1.165, 1.54) is 6.92 Å². The van der Waals surface area contributed by atoms with Crippen molar-refractivity contribution in [2.75, 3.05) is 6.26 Å². The predicted molar refractivity (Wildman–Crippen MR) is 104 cm³/mol. The van der Waals surface area contributed by atoms with Crippen LogP contribution in [0.15, 0.2) is 29.2 Å². The van der Waals surface area contributed by atoms with Crippen molar-refractivity contribution in [1.29, 1.82) is 0 Å². The zero-order valence-corrected chi connectivity index (χ0v) is 17.1. The molecule has 1 atom stereocenters. The van der Waals surface area contributed by atoms with Gasteiger partial charge in [0.15, 0.2) is 11.9 Å². The van der Waals surface area contributed by atoms with E-state index in [0.717, 1.165) is 4.90 Å². The largest absolute Gasteiger partial charge is 0.453 e. The van der Waals surface area contributed by atoms with E-state index in [-0.39, 0.29) is 18.6 Å². The normalized spacial score (nSPS) is 12.0. The molecule has 7 nitrogen and oxygen atoms in total. The maximum Gasteiger partial charge on any atom is 0.321 e. The lowest BCUT2D eigenvalue weighted by atomic mass is 10.1. The number of nitrogens with one attached hydrogen (secondary N) is 2. The standard InChI is InChI=1S/C19H26N2O5S/c1-12(17(24)20-18(25)21-19(2,3)4)26-16(23)11-10-15(22)13-6-8-14(27-5)9-7-13/h6-9,12H,10-11H2,1-5H3,(H2,20,21,24,25)/t12-/m1/s1. The molecular formula is C19H26N2O5S. The minimum Gasteiger partial charge on any atom is -0.453 e. The summed E-state index contributed by atoms with van der Waals surface area (Å²) in [7, 11) is 0. The maximum atomic E-state index is 12.1. The van der Waals surface area contributed by atoms with Crippen molar-refractivity contribution in [2.24, 2.45) is 0 Å². The third kappa shape index (κ3) is 8.72. The lowest BCUT2D eigenvalue weighted by molar-refractivity contribution is -0.154. The molecule has 27 heavy (non-hydrogen) atoms. The third-order valence-electron chi connectivity index (χ3n) is 3.37. The van der Waals surface area contributed by atoms with E-state index in [1.807, 2.05) is 18.4 Å². The van der Waals surface area contributed by atoms with E-state index in [2.05, 4.69) is 10.6 Å². The van der Waals surface area contributed by atoms with Gasteiger partial charge in [-0.2, -0.15) is 0 Å². The van der Waals surface area contributed by atoms with Crippen LogP contribution in [0.2, 0.25) is 0 Å². The molecule has 0 aliphatic heterocycles. The molecule has 0 saturated heterocycles. The molecule has 1 aromatic rings. The van der Waals surface area contributed by atoms with Crippen LogP contribution < -0.4 is 10.6 Å². The van der Waals surface area contributed by atoms with Crippen molar-refractivity contribution in [1.82, 2.24) is 10.6 Å². The second kappa shape index (κ2) is 10.1. The van der Waals surface area contributed by atoms with Crippen LogP contribution >= 0.6 is 11.8 Å². The fourth-order valence-corrected chi connectivity index (χ4v) is 2.44. The second-order valence-corrected chi connectivity index (χ2v) is 7.86. The van der Waals surface area contributed by atoms with Crippen molar-refractivity contribution in [2.45, 2.75) is 57.1 Å². The highest BCUT2D eigenvalue weighted by molar-refractivity contribution is 7.98. The molecule has 0 aliphatic rings. The summed E-state index contributed by atoms with van der Waals surface area (Å²) in [6, 6.07) is 6.43. The van der Waals surface area contributed by atoms with Gasteiger partial charge < -0.3 is 10.1 Å². The van der Waals surface area contributed by atoms with Crippen molar-refractivity contribution < 1.29 is 23.9 Å². The zero-order valence-electron chi connectivity index (χ0n) is 16.3. The van der Waals surface area contributed by atoms with Crippen LogP contribution in [0.5, 0.6) is 0 Å². The predicted octanol–water partition coefficient (Wildman–Crippen LogP) is 2.93. The number of Topliss-reactive ketones (excluding diaryl/α,β-unsaturated/α-hetero) is 1. The van der Waals surface area contributed by atoms with Crippen LogP contribution in [-0.2, 0) is 14.3 Å². The van der Waals surface area contributed by atoms with Crippen molar-refractivity contribution in [3.63, 3.8) is 0 Å². The SMILES string of the molecule is CSc1ccc(C(=O)CCC(=O)O[C@H](C)C(=O)NC(=O)NC(C)(C)C)cc1. The molecule has 8 heteroatoms.